The number of nitrogens with one attached hydrogen (secondary N) is 1. The van der Waals surface area contributed by atoms with E-state index in [1.165, 1.54) is 0 Å². The monoisotopic (exact) mass is 148 g/mol. The summed E-state index contributed by atoms with van der Waals surface area (Å²) in [5.41, 5.74) is 1.92. The minimum absolute atomic E-state index is 0.106. The molecule has 0 unspecified atom stereocenters. The second kappa shape index (κ2) is 2.43. The van der Waals surface area contributed by atoms with E-state index < -0.39 is 0 Å². The molecule has 11 heavy (non-hydrogen) atoms. The Kier molecular flexibility index (Phi) is 1.74. The van der Waals surface area contributed by atoms with Gasteiger partial charge in [-0.15, -0.1) is 0 Å². The van der Waals surface area contributed by atoms with E-state index in [1.807, 2.05) is 6.07 Å². The van der Waals surface area contributed by atoms with Crippen LogP contribution in [0.4, 0.5) is 0 Å². The van der Waals surface area contributed by atoms with Crippen molar-refractivity contribution in [2.45, 2.75) is 26.2 Å². The van der Waals surface area contributed by atoms with Crippen molar-refractivity contribution in [1.82, 2.24) is 4.98 Å². The van der Waals surface area contributed by atoms with Crippen LogP contribution in [-0.2, 0) is 5.41 Å². The van der Waals surface area contributed by atoms with Gasteiger partial charge in [-0.25, -0.2) is 0 Å². The lowest BCUT2D eigenvalue weighted by molar-refractivity contribution is 0.573. The molecule has 0 fully saturated rings. The van der Waals surface area contributed by atoms with E-state index in [4.69, 9.17) is 5.26 Å². The molecular formula is C9H12N2. The Balaban J connectivity index is 3.01. The molecular weight excluding hydrogens is 136 g/mol. The number of aromatic amines is 1. The van der Waals surface area contributed by atoms with Crippen molar-refractivity contribution >= 4 is 0 Å². The molecule has 1 aromatic rings. The van der Waals surface area contributed by atoms with Crippen LogP contribution in [0.5, 0.6) is 0 Å². The maximum Gasteiger partial charge on any atom is 0.101 e. The number of nitriles is 1. The Bertz CT molecular complexity index is 283. The Morgan fingerprint density at radius 2 is 2.09 bits per heavy atom. The van der Waals surface area contributed by atoms with Gasteiger partial charge in [-0.3, -0.25) is 0 Å². The van der Waals surface area contributed by atoms with E-state index in [-0.39, 0.29) is 5.41 Å². The van der Waals surface area contributed by atoms with Gasteiger partial charge in [-0.2, -0.15) is 5.26 Å². The number of aromatic nitrogens is 1. The lowest BCUT2D eigenvalue weighted by Gasteiger charge is -2.15. The van der Waals surface area contributed by atoms with Gasteiger partial charge >= 0.3 is 0 Å². The van der Waals surface area contributed by atoms with Gasteiger partial charge in [0.05, 0.1) is 5.56 Å². The van der Waals surface area contributed by atoms with Crippen LogP contribution >= 0.6 is 0 Å². The minimum atomic E-state index is 0.106. The van der Waals surface area contributed by atoms with E-state index in [1.54, 1.807) is 6.20 Å². The molecule has 2 nitrogen and oxygen atoms in total. The third kappa shape index (κ3) is 1.62. The van der Waals surface area contributed by atoms with E-state index >= 15 is 0 Å². The number of H-pyrrole nitrogens is 1. The lowest BCUT2D eigenvalue weighted by atomic mass is 9.92. The van der Waals surface area contributed by atoms with Gasteiger partial charge in [-0.05, 0) is 6.07 Å². The second-order valence-corrected chi connectivity index (χ2v) is 3.66. The van der Waals surface area contributed by atoms with Crippen LogP contribution in [-0.4, -0.2) is 4.98 Å². The summed E-state index contributed by atoms with van der Waals surface area (Å²) >= 11 is 0. The zero-order chi connectivity index (χ0) is 8.48. The average Bonchev–Trinajstić information content (AvgIpc) is 2.32. The van der Waals surface area contributed by atoms with E-state index in [2.05, 4.69) is 31.8 Å². The molecule has 2 heteroatoms. The third-order valence-corrected chi connectivity index (χ3v) is 1.62. The highest BCUT2D eigenvalue weighted by Gasteiger charge is 2.14. The highest BCUT2D eigenvalue weighted by atomic mass is 14.7. The first-order chi connectivity index (χ1) is 5.04. The first-order valence-electron chi connectivity index (χ1n) is 3.63. The number of nitrogens with zero attached hydrogens (tertiary/aromatic N) is 1. The summed E-state index contributed by atoms with van der Waals surface area (Å²) in [6.45, 7) is 6.33. The minimum Gasteiger partial charge on any atom is -0.363 e. The maximum atomic E-state index is 8.55. The Labute approximate surface area is 66.9 Å². The first kappa shape index (κ1) is 7.87. The average molecular weight is 148 g/mol. The maximum absolute atomic E-state index is 8.55. The molecule has 0 bridgehead atoms. The predicted molar refractivity (Wildman–Crippen MR) is 44.2 cm³/mol. The van der Waals surface area contributed by atoms with Crippen LogP contribution < -0.4 is 0 Å². The van der Waals surface area contributed by atoms with Crippen molar-refractivity contribution in [1.29, 1.82) is 5.26 Å². The van der Waals surface area contributed by atoms with E-state index in [0.29, 0.717) is 5.56 Å². The fourth-order valence-electron chi connectivity index (χ4n) is 0.892. The van der Waals surface area contributed by atoms with Crippen LogP contribution in [0.25, 0.3) is 0 Å². The molecule has 1 heterocycles. The fourth-order valence-corrected chi connectivity index (χ4v) is 0.892. The quantitative estimate of drug-likeness (QED) is 0.601. The Hall–Kier alpha value is -1.23. The number of hydrogen-bond donors (Lipinski definition) is 1. The van der Waals surface area contributed by atoms with Gasteiger partial charge in [-0.1, -0.05) is 20.8 Å². The number of hydrogen-bond acceptors (Lipinski definition) is 1. The molecule has 1 aromatic heterocycles. The van der Waals surface area contributed by atoms with E-state index in [9.17, 15) is 0 Å². The van der Waals surface area contributed by atoms with Crippen molar-refractivity contribution in [2.24, 2.45) is 0 Å². The van der Waals surface area contributed by atoms with Crippen molar-refractivity contribution in [2.75, 3.05) is 0 Å². The summed E-state index contributed by atoms with van der Waals surface area (Å²) in [6.07, 6.45) is 1.74. The SMILES string of the molecule is CC(C)(C)c1cc(C#N)c[nH]1. The molecule has 0 saturated heterocycles. The molecule has 0 aliphatic carbocycles. The molecule has 0 amide bonds. The fraction of sp³-hybridized carbons (Fsp3) is 0.444. The van der Waals surface area contributed by atoms with Crippen molar-refractivity contribution in [3.63, 3.8) is 0 Å². The van der Waals surface area contributed by atoms with Gasteiger partial charge in [0.2, 0.25) is 0 Å². The lowest BCUT2D eigenvalue weighted by Crippen LogP contribution is -2.10. The summed E-state index contributed by atoms with van der Waals surface area (Å²) in [5, 5.41) is 8.55. The normalized spacial score (nSPS) is 11.1. The largest absolute Gasteiger partial charge is 0.363 e. The molecule has 0 saturated carbocycles. The molecule has 0 atom stereocenters. The third-order valence-electron chi connectivity index (χ3n) is 1.62. The second-order valence-electron chi connectivity index (χ2n) is 3.66. The summed E-state index contributed by atoms with van der Waals surface area (Å²) in [5.74, 6) is 0. The van der Waals surface area contributed by atoms with Gasteiger partial charge in [0.15, 0.2) is 0 Å². The molecule has 0 spiro atoms. The van der Waals surface area contributed by atoms with Gasteiger partial charge < -0.3 is 4.98 Å². The zero-order valence-corrected chi connectivity index (χ0v) is 7.10. The van der Waals surface area contributed by atoms with Gasteiger partial charge in [0.1, 0.15) is 6.07 Å². The van der Waals surface area contributed by atoms with Crippen LogP contribution in [0, 0.1) is 11.3 Å². The summed E-state index contributed by atoms with van der Waals surface area (Å²) in [4.78, 5) is 3.07. The summed E-state index contributed by atoms with van der Waals surface area (Å²) in [6, 6.07) is 3.98. The first-order valence-corrected chi connectivity index (χ1v) is 3.63. The highest BCUT2D eigenvalue weighted by Crippen LogP contribution is 2.20. The van der Waals surface area contributed by atoms with Gasteiger partial charge in [0.25, 0.3) is 0 Å². The molecule has 0 aromatic carbocycles. The predicted octanol–water partition coefficient (Wildman–Crippen LogP) is 2.18. The van der Waals surface area contributed by atoms with Crippen molar-refractivity contribution < 1.29 is 0 Å². The Morgan fingerprint density at radius 3 is 2.36 bits per heavy atom. The molecule has 58 valence electrons. The van der Waals surface area contributed by atoms with Crippen molar-refractivity contribution in [3.8, 4) is 6.07 Å². The summed E-state index contributed by atoms with van der Waals surface area (Å²) in [7, 11) is 0. The molecule has 0 radical (unpaired) electrons. The Morgan fingerprint density at radius 1 is 1.45 bits per heavy atom. The molecule has 0 aliphatic rings. The van der Waals surface area contributed by atoms with Crippen LogP contribution in [0.1, 0.15) is 32.0 Å². The topological polar surface area (TPSA) is 39.6 Å². The smallest absolute Gasteiger partial charge is 0.101 e. The molecule has 0 aliphatic heterocycles. The van der Waals surface area contributed by atoms with Gasteiger partial charge in [0, 0.05) is 17.3 Å². The van der Waals surface area contributed by atoms with Crippen LogP contribution in [0.15, 0.2) is 12.3 Å². The van der Waals surface area contributed by atoms with Crippen LogP contribution in [0.3, 0.4) is 0 Å². The standard InChI is InChI=1S/C9H12N2/c1-9(2,3)8-4-7(5-10)6-11-8/h4,6,11H,1-3H3. The summed E-state index contributed by atoms with van der Waals surface area (Å²) < 4.78 is 0. The zero-order valence-electron chi connectivity index (χ0n) is 7.10. The number of rotatable bonds is 0. The van der Waals surface area contributed by atoms with Crippen LogP contribution in [0.2, 0.25) is 0 Å². The molecule has 1 N–H and O–H groups in total. The highest BCUT2D eigenvalue weighted by molar-refractivity contribution is 5.31. The van der Waals surface area contributed by atoms with E-state index in [0.717, 1.165) is 5.69 Å². The molecule has 1 rings (SSSR count). The van der Waals surface area contributed by atoms with Crippen molar-refractivity contribution in [3.05, 3.63) is 23.5 Å².